The third-order valence-corrected chi connectivity index (χ3v) is 5.31. The number of imide groups is 1. The van der Waals surface area contributed by atoms with Crippen LogP contribution < -0.4 is 15.4 Å². The molecule has 10 heteroatoms. The second-order valence-corrected chi connectivity index (χ2v) is 6.92. The number of benzene rings is 1. The molecule has 3 amide bonds. The molecule has 1 fully saturated rings. The van der Waals surface area contributed by atoms with E-state index in [-0.39, 0.29) is 30.0 Å². The van der Waals surface area contributed by atoms with Crippen molar-refractivity contribution < 1.29 is 33.4 Å². The Morgan fingerprint density at radius 3 is 2.76 bits per heavy atom. The number of fused-ring (bicyclic) bond motifs is 2. The molecule has 2 heterocycles. The first-order valence-electron chi connectivity index (χ1n) is 7.29. The average molecular weight is 368 g/mol. The molecule has 2 aliphatic heterocycles. The second-order valence-electron chi connectivity index (χ2n) is 5.65. The first-order valence-corrected chi connectivity index (χ1v) is 8.11. The van der Waals surface area contributed by atoms with Gasteiger partial charge in [0.15, 0.2) is 0 Å². The van der Waals surface area contributed by atoms with E-state index in [1.54, 1.807) is 0 Å². The summed E-state index contributed by atoms with van der Waals surface area (Å²) in [5.74, 6) is -4.83. The molecule has 8 nitrogen and oxygen atoms in total. The van der Waals surface area contributed by atoms with Crippen molar-refractivity contribution in [3.63, 3.8) is 0 Å². The smallest absolute Gasteiger partial charge is 0.315 e. The summed E-state index contributed by atoms with van der Waals surface area (Å²) in [4.78, 5) is 46.8. The van der Waals surface area contributed by atoms with Gasteiger partial charge in [0.05, 0.1) is 12.3 Å². The number of rotatable bonds is 3. The van der Waals surface area contributed by atoms with Gasteiger partial charge >= 0.3 is 5.97 Å². The number of nitrogens with one attached hydrogen (secondary N) is 2. The Bertz CT molecular complexity index is 813. The number of carboxylic acids is 1. The van der Waals surface area contributed by atoms with Crippen LogP contribution in [0.25, 0.3) is 0 Å². The van der Waals surface area contributed by atoms with E-state index in [0.29, 0.717) is 0 Å². The minimum absolute atomic E-state index is 0.0518. The molecule has 25 heavy (non-hydrogen) atoms. The number of carbonyl (C=O) groups excluding carboxylic acids is 3. The molecule has 0 saturated carbocycles. The molecule has 0 aromatic heterocycles. The van der Waals surface area contributed by atoms with Crippen molar-refractivity contribution in [3.8, 4) is 5.75 Å². The molecule has 2 atom stereocenters. The molecule has 1 spiro atoms. The third kappa shape index (κ3) is 2.82. The molecule has 2 unspecified atom stereocenters. The molecule has 1 aromatic rings. The maximum absolute atomic E-state index is 14.1. The minimum atomic E-state index is -1.36. The predicted molar refractivity (Wildman–Crippen MR) is 84.7 cm³/mol. The highest BCUT2D eigenvalue weighted by Crippen LogP contribution is 2.52. The Morgan fingerprint density at radius 2 is 2.16 bits per heavy atom. The topological polar surface area (TPSA) is 122 Å². The summed E-state index contributed by atoms with van der Waals surface area (Å²) in [6, 6.07) is 2.06. The molecule has 1 aromatic carbocycles. The van der Waals surface area contributed by atoms with Crippen molar-refractivity contribution in [1.82, 2.24) is 5.32 Å². The maximum Gasteiger partial charge on any atom is 0.315 e. The molecule has 0 radical (unpaired) electrons. The highest BCUT2D eigenvalue weighted by molar-refractivity contribution is 8.15. The van der Waals surface area contributed by atoms with Crippen molar-refractivity contribution >= 4 is 40.5 Å². The lowest BCUT2D eigenvalue weighted by atomic mass is 9.90. The summed E-state index contributed by atoms with van der Waals surface area (Å²) in [5.41, 5.74) is 0.0466. The Morgan fingerprint density at radius 1 is 1.44 bits per heavy atom. The number of thioether (sulfide) groups is 1. The molecule has 3 rings (SSSR count). The van der Waals surface area contributed by atoms with Crippen LogP contribution in [0.2, 0.25) is 0 Å². The number of carboxylic acid groups (broad SMARTS) is 1. The number of ether oxygens (including phenoxy) is 1. The Balaban J connectivity index is 2.05. The highest BCUT2D eigenvalue weighted by Gasteiger charge is 2.53. The first kappa shape index (κ1) is 17.2. The zero-order chi connectivity index (χ0) is 18.4. The molecule has 0 bridgehead atoms. The van der Waals surface area contributed by atoms with Gasteiger partial charge in [-0.2, -0.15) is 0 Å². The van der Waals surface area contributed by atoms with Gasteiger partial charge in [-0.3, -0.25) is 24.5 Å². The van der Waals surface area contributed by atoms with Gasteiger partial charge in [0.25, 0.3) is 5.24 Å². The van der Waals surface area contributed by atoms with Crippen LogP contribution in [0.15, 0.2) is 12.1 Å². The molecule has 3 N–H and O–H groups in total. The van der Waals surface area contributed by atoms with Crippen LogP contribution in [0, 0.1) is 11.7 Å². The fourth-order valence-electron chi connectivity index (χ4n) is 2.69. The summed E-state index contributed by atoms with van der Waals surface area (Å²) in [6.45, 7) is 1.26. The van der Waals surface area contributed by atoms with E-state index in [2.05, 4.69) is 10.6 Å². The van der Waals surface area contributed by atoms with E-state index >= 15 is 0 Å². The number of hydrogen-bond acceptors (Lipinski definition) is 6. The first-order chi connectivity index (χ1) is 11.7. The number of hydrogen-bond donors (Lipinski definition) is 3. The van der Waals surface area contributed by atoms with Gasteiger partial charge in [-0.25, -0.2) is 4.39 Å². The molecule has 2 aliphatic rings. The average Bonchev–Trinajstić information content (AvgIpc) is 2.81. The standard InChI is InChI=1S/C15H13FN2O6S/c1-6(12(20)21)11(19)17-9-5-7(16)4-8-10(9)24-3-2-15(8)13(22)18-14(23)25-15/h4-6H,2-3H2,1H3,(H,17,19)(H,20,21)(H,18,22,23). The van der Waals surface area contributed by atoms with E-state index < -0.39 is 39.5 Å². The fourth-order valence-corrected chi connectivity index (χ4v) is 3.74. The summed E-state index contributed by atoms with van der Waals surface area (Å²) in [6.07, 6.45) is 0.157. The van der Waals surface area contributed by atoms with Crippen LogP contribution in [0.1, 0.15) is 18.9 Å². The van der Waals surface area contributed by atoms with Crippen molar-refractivity contribution in [3.05, 3.63) is 23.5 Å². The van der Waals surface area contributed by atoms with Crippen LogP contribution in [-0.2, 0) is 19.1 Å². The SMILES string of the molecule is CC(C(=O)O)C(=O)Nc1cc(F)cc2c1OCCC21SC(=O)NC1=O. The summed E-state index contributed by atoms with van der Waals surface area (Å²) in [5, 5.41) is 12.8. The van der Waals surface area contributed by atoms with Crippen molar-refractivity contribution in [2.45, 2.75) is 18.1 Å². The predicted octanol–water partition coefficient (Wildman–Crippen LogP) is 1.45. The highest BCUT2D eigenvalue weighted by atomic mass is 32.2. The van der Waals surface area contributed by atoms with Gasteiger partial charge in [0.2, 0.25) is 11.8 Å². The normalized spacial score (nSPS) is 22.8. The van der Waals surface area contributed by atoms with Gasteiger partial charge < -0.3 is 15.2 Å². The van der Waals surface area contributed by atoms with Gasteiger partial charge in [0.1, 0.15) is 22.2 Å². The Hall–Kier alpha value is -2.62. The zero-order valence-corrected chi connectivity index (χ0v) is 13.7. The lowest BCUT2D eigenvalue weighted by molar-refractivity contribution is -0.144. The molecule has 132 valence electrons. The van der Waals surface area contributed by atoms with E-state index in [9.17, 15) is 23.6 Å². The number of carbonyl (C=O) groups is 4. The fraction of sp³-hybridized carbons (Fsp3) is 0.333. The van der Waals surface area contributed by atoms with Gasteiger partial charge in [-0.05, 0) is 24.8 Å². The van der Waals surface area contributed by atoms with Crippen LogP contribution in [0.5, 0.6) is 5.75 Å². The van der Waals surface area contributed by atoms with E-state index in [1.807, 2.05) is 0 Å². The molecule has 1 saturated heterocycles. The lowest BCUT2D eigenvalue weighted by Gasteiger charge is -2.32. The van der Waals surface area contributed by atoms with Gasteiger partial charge in [-0.1, -0.05) is 0 Å². The number of aliphatic carboxylic acids is 1. The summed E-state index contributed by atoms with van der Waals surface area (Å²) < 4.78 is 18.2. The van der Waals surface area contributed by atoms with E-state index in [4.69, 9.17) is 9.84 Å². The third-order valence-electron chi connectivity index (χ3n) is 4.06. The van der Waals surface area contributed by atoms with Crippen LogP contribution >= 0.6 is 11.8 Å². The van der Waals surface area contributed by atoms with Crippen molar-refractivity contribution in [2.75, 3.05) is 11.9 Å². The maximum atomic E-state index is 14.1. The molecular formula is C15H13FN2O6S. The number of amides is 3. The zero-order valence-electron chi connectivity index (χ0n) is 12.9. The van der Waals surface area contributed by atoms with Crippen LogP contribution in [-0.4, -0.2) is 34.7 Å². The van der Waals surface area contributed by atoms with Crippen molar-refractivity contribution in [2.24, 2.45) is 5.92 Å². The van der Waals surface area contributed by atoms with Crippen LogP contribution in [0.3, 0.4) is 0 Å². The minimum Gasteiger partial charge on any atom is -0.491 e. The number of anilines is 1. The molecular weight excluding hydrogens is 355 g/mol. The Kier molecular flexibility index (Phi) is 4.15. The van der Waals surface area contributed by atoms with Gasteiger partial charge in [-0.15, -0.1) is 0 Å². The lowest BCUT2D eigenvalue weighted by Crippen LogP contribution is -2.39. The molecule has 0 aliphatic carbocycles. The second kappa shape index (κ2) is 6.03. The summed E-state index contributed by atoms with van der Waals surface area (Å²) in [7, 11) is 0. The number of halogens is 1. The Labute approximate surface area is 145 Å². The van der Waals surface area contributed by atoms with E-state index in [1.165, 1.54) is 6.92 Å². The van der Waals surface area contributed by atoms with Gasteiger partial charge in [0, 0.05) is 18.1 Å². The monoisotopic (exact) mass is 368 g/mol. The summed E-state index contributed by atoms with van der Waals surface area (Å²) >= 11 is 0.734. The largest absolute Gasteiger partial charge is 0.491 e. The van der Waals surface area contributed by atoms with Crippen molar-refractivity contribution in [1.29, 1.82) is 0 Å². The van der Waals surface area contributed by atoms with Crippen LogP contribution in [0.4, 0.5) is 14.9 Å². The quantitative estimate of drug-likeness (QED) is 0.690. The van der Waals surface area contributed by atoms with E-state index in [0.717, 1.165) is 23.9 Å².